The van der Waals surface area contributed by atoms with E-state index in [4.69, 9.17) is 9.84 Å². The summed E-state index contributed by atoms with van der Waals surface area (Å²) in [5.41, 5.74) is 1.74. The fourth-order valence-electron chi connectivity index (χ4n) is 1.48. The zero-order valence-electron chi connectivity index (χ0n) is 7.90. The van der Waals surface area contributed by atoms with Gasteiger partial charge in [-0.1, -0.05) is 0 Å². The summed E-state index contributed by atoms with van der Waals surface area (Å²) >= 11 is 0. The third-order valence-electron chi connectivity index (χ3n) is 2.15. The second kappa shape index (κ2) is 3.59. The molecule has 2 rings (SSSR count). The normalized spacial score (nSPS) is 10.4. The van der Waals surface area contributed by atoms with Crippen molar-refractivity contribution in [2.45, 2.75) is 6.61 Å². The van der Waals surface area contributed by atoms with Crippen molar-refractivity contribution in [2.75, 3.05) is 7.11 Å². The van der Waals surface area contributed by atoms with Gasteiger partial charge in [-0.3, -0.25) is 0 Å². The van der Waals surface area contributed by atoms with Crippen molar-refractivity contribution in [2.24, 2.45) is 0 Å². The van der Waals surface area contributed by atoms with Crippen LogP contribution in [0, 0.1) is 0 Å². The second-order valence-electron chi connectivity index (χ2n) is 2.92. The monoisotopic (exact) mass is 192 g/mol. The van der Waals surface area contributed by atoms with E-state index in [1.165, 1.54) is 0 Å². The van der Waals surface area contributed by atoms with Crippen LogP contribution in [0.1, 0.15) is 5.69 Å². The van der Waals surface area contributed by atoms with E-state index in [0.29, 0.717) is 5.88 Å². The summed E-state index contributed by atoms with van der Waals surface area (Å²) in [5.74, 6) is 0.691. The smallest absolute Gasteiger partial charge is 0.215 e. The van der Waals surface area contributed by atoms with Gasteiger partial charge >= 0.3 is 0 Å². The van der Waals surface area contributed by atoms with E-state index in [2.05, 4.69) is 4.98 Å². The molecule has 2 aromatic rings. The standard InChI is InChI=1S/C10H12N2O2/c1-14-10-9(4-5-11-10)12-6-2-3-8(12)7-13/h2-6,11,13H,7H2,1H3. The minimum Gasteiger partial charge on any atom is -0.481 e. The summed E-state index contributed by atoms with van der Waals surface area (Å²) in [5, 5.41) is 9.10. The highest BCUT2D eigenvalue weighted by molar-refractivity contribution is 5.44. The predicted molar refractivity (Wildman–Crippen MR) is 52.6 cm³/mol. The molecule has 2 heterocycles. The maximum absolute atomic E-state index is 9.10. The van der Waals surface area contributed by atoms with Gasteiger partial charge in [-0.25, -0.2) is 0 Å². The minimum atomic E-state index is 0.0152. The quantitative estimate of drug-likeness (QED) is 0.770. The van der Waals surface area contributed by atoms with Gasteiger partial charge < -0.3 is 19.4 Å². The zero-order chi connectivity index (χ0) is 9.97. The average molecular weight is 192 g/mol. The molecule has 4 heteroatoms. The van der Waals surface area contributed by atoms with Gasteiger partial charge in [-0.2, -0.15) is 0 Å². The number of ether oxygens (including phenoxy) is 1. The molecule has 0 spiro atoms. The highest BCUT2D eigenvalue weighted by atomic mass is 16.5. The Morgan fingerprint density at radius 2 is 2.36 bits per heavy atom. The Morgan fingerprint density at radius 3 is 3.07 bits per heavy atom. The molecule has 0 atom stereocenters. The molecule has 0 fully saturated rings. The Labute approximate surface area is 81.8 Å². The van der Waals surface area contributed by atoms with Crippen LogP contribution in [0.25, 0.3) is 5.69 Å². The lowest BCUT2D eigenvalue weighted by Gasteiger charge is -2.07. The summed E-state index contributed by atoms with van der Waals surface area (Å²) in [6.07, 6.45) is 3.69. The fraction of sp³-hybridized carbons (Fsp3) is 0.200. The summed E-state index contributed by atoms with van der Waals surface area (Å²) in [6, 6.07) is 5.66. The van der Waals surface area contributed by atoms with E-state index in [1.807, 2.05) is 29.0 Å². The average Bonchev–Trinajstić information content (AvgIpc) is 2.85. The van der Waals surface area contributed by atoms with Crippen molar-refractivity contribution in [3.8, 4) is 11.6 Å². The number of H-pyrrole nitrogens is 1. The first-order valence-corrected chi connectivity index (χ1v) is 4.35. The molecule has 0 aliphatic rings. The van der Waals surface area contributed by atoms with E-state index < -0.39 is 0 Å². The van der Waals surface area contributed by atoms with E-state index >= 15 is 0 Å². The van der Waals surface area contributed by atoms with Crippen molar-refractivity contribution in [1.82, 2.24) is 9.55 Å². The number of rotatable bonds is 3. The fourth-order valence-corrected chi connectivity index (χ4v) is 1.48. The van der Waals surface area contributed by atoms with Gasteiger partial charge in [-0.15, -0.1) is 0 Å². The summed E-state index contributed by atoms with van der Waals surface area (Å²) in [4.78, 5) is 2.97. The minimum absolute atomic E-state index is 0.0152. The maximum Gasteiger partial charge on any atom is 0.215 e. The summed E-state index contributed by atoms with van der Waals surface area (Å²) in [6.45, 7) is 0.0152. The van der Waals surface area contributed by atoms with Crippen LogP contribution < -0.4 is 4.74 Å². The van der Waals surface area contributed by atoms with Gasteiger partial charge in [-0.05, 0) is 18.2 Å². The third kappa shape index (κ3) is 1.29. The Kier molecular flexibility index (Phi) is 2.28. The molecule has 2 aromatic heterocycles. The van der Waals surface area contributed by atoms with Crippen LogP contribution >= 0.6 is 0 Å². The lowest BCUT2D eigenvalue weighted by molar-refractivity contribution is 0.274. The van der Waals surface area contributed by atoms with Crippen molar-refractivity contribution in [3.05, 3.63) is 36.3 Å². The number of methoxy groups -OCH3 is 1. The Bertz CT molecular complexity index is 377. The predicted octanol–water partition coefficient (Wildman–Crippen LogP) is 1.31. The maximum atomic E-state index is 9.10. The lowest BCUT2D eigenvalue weighted by Crippen LogP contribution is -1.99. The van der Waals surface area contributed by atoms with E-state index in [-0.39, 0.29) is 6.61 Å². The molecule has 0 bridgehead atoms. The summed E-state index contributed by atoms with van der Waals surface area (Å²) < 4.78 is 7.03. The molecule has 2 N–H and O–H groups in total. The second-order valence-corrected chi connectivity index (χ2v) is 2.92. The number of nitrogens with zero attached hydrogens (tertiary/aromatic N) is 1. The molecule has 0 amide bonds. The van der Waals surface area contributed by atoms with Gasteiger partial charge in [0.05, 0.1) is 13.7 Å². The highest BCUT2D eigenvalue weighted by Gasteiger charge is 2.08. The van der Waals surface area contributed by atoms with Crippen LogP contribution in [0.15, 0.2) is 30.6 Å². The number of aliphatic hydroxyl groups is 1. The third-order valence-corrected chi connectivity index (χ3v) is 2.15. The topological polar surface area (TPSA) is 50.2 Å². The largest absolute Gasteiger partial charge is 0.481 e. The summed E-state index contributed by atoms with van der Waals surface area (Å²) in [7, 11) is 1.61. The van der Waals surface area contributed by atoms with Crippen molar-refractivity contribution in [1.29, 1.82) is 0 Å². The van der Waals surface area contributed by atoms with Crippen molar-refractivity contribution in [3.63, 3.8) is 0 Å². The Hall–Kier alpha value is -1.68. The van der Waals surface area contributed by atoms with Gasteiger partial charge in [0.15, 0.2) is 0 Å². The number of aliphatic hydroxyl groups excluding tert-OH is 1. The number of hydrogen-bond donors (Lipinski definition) is 2. The molecule has 0 radical (unpaired) electrons. The van der Waals surface area contributed by atoms with Crippen LogP contribution in [-0.2, 0) is 6.61 Å². The molecule has 14 heavy (non-hydrogen) atoms. The molecule has 0 saturated heterocycles. The zero-order valence-corrected chi connectivity index (χ0v) is 7.90. The van der Waals surface area contributed by atoms with Crippen LogP contribution in [0.5, 0.6) is 5.88 Å². The molecular weight excluding hydrogens is 180 g/mol. The van der Waals surface area contributed by atoms with Crippen LogP contribution in [-0.4, -0.2) is 21.8 Å². The van der Waals surface area contributed by atoms with E-state index in [1.54, 1.807) is 13.3 Å². The molecule has 0 aliphatic heterocycles. The van der Waals surface area contributed by atoms with E-state index in [9.17, 15) is 0 Å². The van der Waals surface area contributed by atoms with Crippen molar-refractivity contribution >= 4 is 0 Å². The molecule has 0 saturated carbocycles. The number of aromatic amines is 1. The number of nitrogens with one attached hydrogen (secondary N) is 1. The SMILES string of the molecule is COc1[nH]ccc1-n1cccc1CO. The number of hydrogen-bond acceptors (Lipinski definition) is 2. The molecule has 0 unspecified atom stereocenters. The van der Waals surface area contributed by atoms with Crippen LogP contribution in [0.3, 0.4) is 0 Å². The van der Waals surface area contributed by atoms with Gasteiger partial charge in [0, 0.05) is 18.1 Å². The van der Waals surface area contributed by atoms with Crippen LogP contribution in [0.4, 0.5) is 0 Å². The molecule has 0 aliphatic carbocycles. The molecule has 0 aromatic carbocycles. The van der Waals surface area contributed by atoms with Crippen molar-refractivity contribution < 1.29 is 9.84 Å². The lowest BCUT2D eigenvalue weighted by atomic mass is 10.4. The molecule has 4 nitrogen and oxygen atoms in total. The highest BCUT2D eigenvalue weighted by Crippen LogP contribution is 2.22. The number of aromatic nitrogens is 2. The first-order chi connectivity index (χ1) is 6.86. The Balaban J connectivity index is 2.48. The van der Waals surface area contributed by atoms with Gasteiger partial charge in [0.1, 0.15) is 5.69 Å². The van der Waals surface area contributed by atoms with Crippen LogP contribution in [0.2, 0.25) is 0 Å². The molecular formula is C10H12N2O2. The first-order valence-electron chi connectivity index (χ1n) is 4.35. The van der Waals surface area contributed by atoms with Gasteiger partial charge in [0.25, 0.3) is 0 Å². The van der Waals surface area contributed by atoms with Gasteiger partial charge in [0.2, 0.25) is 5.88 Å². The Morgan fingerprint density at radius 1 is 1.50 bits per heavy atom. The molecule has 74 valence electrons. The van der Waals surface area contributed by atoms with E-state index in [0.717, 1.165) is 11.4 Å². The first kappa shape index (κ1) is 8.90.